The van der Waals surface area contributed by atoms with Gasteiger partial charge < -0.3 is 20.1 Å². The highest BCUT2D eigenvalue weighted by Crippen LogP contribution is 2.28. The predicted octanol–water partition coefficient (Wildman–Crippen LogP) is 3.52. The molecule has 0 heterocycles. The maximum absolute atomic E-state index is 5.67. The molecule has 0 saturated carbocycles. The van der Waals surface area contributed by atoms with E-state index in [0.717, 1.165) is 48.3 Å². The number of nitrogens with one attached hydrogen (secondary N) is 2. The second-order valence-electron chi connectivity index (χ2n) is 4.95. The number of nitrogens with zero attached hydrogens (tertiary/aromatic N) is 1. The van der Waals surface area contributed by atoms with Gasteiger partial charge in [-0.05, 0) is 37.3 Å². The third-order valence-corrected chi connectivity index (χ3v) is 3.66. The van der Waals surface area contributed by atoms with Gasteiger partial charge in [0.05, 0.1) is 20.3 Å². The minimum atomic E-state index is 0. The summed E-state index contributed by atoms with van der Waals surface area (Å²) >= 11 is 1.81. The van der Waals surface area contributed by atoms with Crippen molar-refractivity contribution >= 4 is 41.7 Å². The summed E-state index contributed by atoms with van der Waals surface area (Å²) in [4.78, 5) is 4.61. The van der Waals surface area contributed by atoms with Crippen molar-refractivity contribution in [1.82, 2.24) is 10.6 Å². The fourth-order valence-corrected chi connectivity index (χ4v) is 2.23. The van der Waals surface area contributed by atoms with E-state index >= 15 is 0 Å². The van der Waals surface area contributed by atoms with Crippen LogP contribution in [-0.2, 0) is 6.54 Å². The standard InChI is InChI=1S/C17H29N3O2S.HI/c1-5-10-22-15-8-7-14(12-16(15)21-3)13-20-17(18-6-2)19-9-11-23-4;/h7-8,12H,5-6,9-11,13H2,1-4H3,(H2,18,19,20);1H. The van der Waals surface area contributed by atoms with Gasteiger partial charge in [-0.15, -0.1) is 24.0 Å². The zero-order valence-corrected chi connectivity index (χ0v) is 18.2. The Balaban J connectivity index is 0.00000529. The molecule has 0 aliphatic rings. The lowest BCUT2D eigenvalue weighted by molar-refractivity contribution is 0.294. The lowest BCUT2D eigenvalue weighted by Gasteiger charge is -2.12. The van der Waals surface area contributed by atoms with Crippen molar-refractivity contribution < 1.29 is 9.47 Å². The minimum absolute atomic E-state index is 0. The van der Waals surface area contributed by atoms with Crippen molar-refractivity contribution in [3.05, 3.63) is 23.8 Å². The van der Waals surface area contributed by atoms with E-state index < -0.39 is 0 Å². The number of hydrogen-bond donors (Lipinski definition) is 2. The van der Waals surface area contributed by atoms with Crippen molar-refractivity contribution in [2.24, 2.45) is 4.99 Å². The number of halogens is 1. The molecule has 138 valence electrons. The van der Waals surface area contributed by atoms with Crippen molar-refractivity contribution in [3.63, 3.8) is 0 Å². The Hall–Kier alpha value is -0.830. The van der Waals surface area contributed by atoms with Crippen molar-refractivity contribution in [3.8, 4) is 11.5 Å². The van der Waals surface area contributed by atoms with E-state index in [-0.39, 0.29) is 24.0 Å². The Morgan fingerprint density at radius 1 is 1.21 bits per heavy atom. The van der Waals surface area contributed by atoms with Crippen molar-refractivity contribution in [2.75, 3.05) is 38.8 Å². The molecule has 0 aliphatic heterocycles. The summed E-state index contributed by atoms with van der Waals surface area (Å²) in [6.45, 7) is 7.19. The zero-order chi connectivity index (χ0) is 16.9. The first-order chi connectivity index (χ1) is 11.2. The lowest BCUT2D eigenvalue weighted by atomic mass is 10.2. The molecule has 0 atom stereocenters. The highest BCUT2D eigenvalue weighted by Gasteiger charge is 2.06. The van der Waals surface area contributed by atoms with E-state index in [4.69, 9.17) is 9.47 Å². The van der Waals surface area contributed by atoms with Gasteiger partial charge in [0, 0.05) is 18.8 Å². The van der Waals surface area contributed by atoms with Gasteiger partial charge in [-0.1, -0.05) is 13.0 Å². The molecule has 0 amide bonds. The molecule has 0 radical (unpaired) electrons. The molecule has 7 heteroatoms. The third-order valence-electron chi connectivity index (χ3n) is 3.05. The largest absolute Gasteiger partial charge is 0.493 e. The summed E-state index contributed by atoms with van der Waals surface area (Å²) in [5.41, 5.74) is 1.09. The Labute approximate surface area is 167 Å². The van der Waals surface area contributed by atoms with Gasteiger partial charge in [0.25, 0.3) is 0 Å². The van der Waals surface area contributed by atoms with Gasteiger partial charge in [-0.2, -0.15) is 11.8 Å². The Morgan fingerprint density at radius 2 is 2.00 bits per heavy atom. The van der Waals surface area contributed by atoms with Gasteiger partial charge in [0.2, 0.25) is 0 Å². The Morgan fingerprint density at radius 3 is 2.62 bits per heavy atom. The number of rotatable bonds is 10. The number of benzene rings is 1. The minimum Gasteiger partial charge on any atom is -0.493 e. The van der Waals surface area contributed by atoms with Crippen LogP contribution in [0.5, 0.6) is 11.5 Å². The third kappa shape index (κ3) is 8.86. The van der Waals surface area contributed by atoms with E-state index in [1.165, 1.54) is 0 Å². The van der Waals surface area contributed by atoms with E-state index in [0.29, 0.717) is 13.2 Å². The SMILES string of the molecule is CCCOc1ccc(CN=C(NCC)NCCSC)cc1OC.I. The van der Waals surface area contributed by atoms with Gasteiger partial charge in [0.1, 0.15) is 0 Å². The first-order valence-corrected chi connectivity index (χ1v) is 9.45. The molecule has 1 aromatic rings. The molecule has 5 nitrogen and oxygen atoms in total. The Kier molecular flexibility index (Phi) is 14.0. The number of ether oxygens (including phenoxy) is 2. The van der Waals surface area contributed by atoms with Gasteiger partial charge in [-0.3, -0.25) is 0 Å². The van der Waals surface area contributed by atoms with Gasteiger partial charge >= 0.3 is 0 Å². The monoisotopic (exact) mass is 467 g/mol. The molecule has 0 aromatic heterocycles. The predicted molar refractivity (Wildman–Crippen MR) is 115 cm³/mol. The van der Waals surface area contributed by atoms with Gasteiger partial charge in [0.15, 0.2) is 17.5 Å². The summed E-state index contributed by atoms with van der Waals surface area (Å²) in [7, 11) is 1.66. The molecule has 0 aliphatic carbocycles. The van der Waals surface area contributed by atoms with Crippen LogP contribution in [-0.4, -0.2) is 44.8 Å². The number of hydrogen-bond acceptors (Lipinski definition) is 4. The smallest absolute Gasteiger partial charge is 0.191 e. The van der Waals surface area contributed by atoms with Crippen molar-refractivity contribution in [1.29, 1.82) is 0 Å². The summed E-state index contributed by atoms with van der Waals surface area (Å²) in [5, 5.41) is 6.58. The molecule has 0 unspecified atom stereocenters. The normalized spacial score (nSPS) is 10.8. The highest BCUT2D eigenvalue weighted by atomic mass is 127. The Bertz CT molecular complexity index is 487. The molecule has 1 rings (SSSR count). The topological polar surface area (TPSA) is 54.9 Å². The molecular weight excluding hydrogens is 437 g/mol. The summed E-state index contributed by atoms with van der Waals surface area (Å²) in [6.07, 6.45) is 3.07. The van der Waals surface area contributed by atoms with E-state index in [1.807, 2.05) is 30.0 Å². The average Bonchev–Trinajstić information content (AvgIpc) is 2.58. The van der Waals surface area contributed by atoms with Crippen LogP contribution in [0.2, 0.25) is 0 Å². The molecule has 2 N–H and O–H groups in total. The fraction of sp³-hybridized carbons (Fsp3) is 0.588. The van der Waals surface area contributed by atoms with Crippen LogP contribution in [0.15, 0.2) is 23.2 Å². The second kappa shape index (κ2) is 14.5. The maximum Gasteiger partial charge on any atom is 0.191 e. The average molecular weight is 467 g/mol. The number of guanidine groups is 1. The van der Waals surface area contributed by atoms with Crippen LogP contribution in [0.25, 0.3) is 0 Å². The van der Waals surface area contributed by atoms with Crippen LogP contribution >= 0.6 is 35.7 Å². The fourth-order valence-electron chi connectivity index (χ4n) is 1.93. The second-order valence-corrected chi connectivity index (χ2v) is 5.93. The van der Waals surface area contributed by atoms with Crippen LogP contribution < -0.4 is 20.1 Å². The van der Waals surface area contributed by atoms with Crippen LogP contribution in [0, 0.1) is 0 Å². The van der Waals surface area contributed by atoms with E-state index in [9.17, 15) is 0 Å². The molecule has 0 spiro atoms. The van der Waals surface area contributed by atoms with Crippen LogP contribution in [0.3, 0.4) is 0 Å². The molecule has 1 aromatic carbocycles. The molecule has 0 bridgehead atoms. The number of aliphatic imine (C=N–C) groups is 1. The maximum atomic E-state index is 5.67. The summed E-state index contributed by atoms with van der Waals surface area (Å²) in [5.74, 6) is 3.44. The first-order valence-electron chi connectivity index (χ1n) is 8.05. The lowest BCUT2D eigenvalue weighted by Crippen LogP contribution is -2.38. The van der Waals surface area contributed by atoms with Crippen LogP contribution in [0.1, 0.15) is 25.8 Å². The summed E-state index contributed by atoms with van der Waals surface area (Å²) in [6, 6.07) is 5.97. The highest BCUT2D eigenvalue weighted by molar-refractivity contribution is 14.0. The van der Waals surface area contributed by atoms with E-state index in [2.05, 4.69) is 35.7 Å². The zero-order valence-electron chi connectivity index (χ0n) is 15.1. The molecule has 24 heavy (non-hydrogen) atoms. The van der Waals surface area contributed by atoms with Crippen LogP contribution in [0.4, 0.5) is 0 Å². The molecule has 0 saturated heterocycles. The number of methoxy groups -OCH3 is 1. The molecule has 0 fully saturated rings. The molecular formula is C17H30IN3O2S. The van der Waals surface area contributed by atoms with E-state index in [1.54, 1.807) is 7.11 Å². The first kappa shape index (κ1) is 23.2. The summed E-state index contributed by atoms with van der Waals surface area (Å²) < 4.78 is 11.1. The quantitative estimate of drug-likeness (QED) is 0.239. The number of thioether (sulfide) groups is 1. The van der Waals surface area contributed by atoms with Gasteiger partial charge in [-0.25, -0.2) is 4.99 Å². The van der Waals surface area contributed by atoms with Crippen molar-refractivity contribution in [2.45, 2.75) is 26.8 Å².